The van der Waals surface area contributed by atoms with Crippen LogP contribution in [0.4, 0.5) is 0 Å². The first kappa shape index (κ1) is 12.5. The van der Waals surface area contributed by atoms with Crippen LogP contribution in [-0.4, -0.2) is 31.4 Å². The molecule has 0 aromatic carbocycles. The zero-order chi connectivity index (χ0) is 11.4. The Labute approximate surface area is 99.0 Å². The van der Waals surface area contributed by atoms with Gasteiger partial charge in [-0.3, -0.25) is 4.79 Å². The van der Waals surface area contributed by atoms with Crippen LogP contribution in [0, 0.1) is 0 Å². The SMILES string of the molecule is C[C@H](NCC(=O)N(C)C)c1ccc(Cl)s1. The lowest BCUT2D eigenvalue weighted by atomic mass is 10.3. The quantitative estimate of drug-likeness (QED) is 0.883. The molecule has 1 aromatic rings. The molecule has 1 amide bonds. The van der Waals surface area contributed by atoms with Crippen LogP contribution in [0.5, 0.6) is 0 Å². The number of hydrogen-bond acceptors (Lipinski definition) is 3. The first-order valence-corrected chi connectivity index (χ1v) is 5.89. The predicted octanol–water partition coefficient (Wildman–Crippen LogP) is 2.14. The Balaban J connectivity index is 2.43. The van der Waals surface area contributed by atoms with E-state index in [9.17, 15) is 4.79 Å². The van der Waals surface area contributed by atoms with Gasteiger partial charge in [0.25, 0.3) is 0 Å². The van der Waals surface area contributed by atoms with Crippen molar-refractivity contribution >= 4 is 28.8 Å². The van der Waals surface area contributed by atoms with Gasteiger partial charge in [0.15, 0.2) is 0 Å². The van der Waals surface area contributed by atoms with Crippen molar-refractivity contribution in [3.8, 4) is 0 Å². The molecule has 0 radical (unpaired) electrons. The van der Waals surface area contributed by atoms with Crippen LogP contribution in [0.1, 0.15) is 17.8 Å². The van der Waals surface area contributed by atoms with Crippen molar-refractivity contribution in [2.75, 3.05) is 20.6 Å². The fraction of sp³-hybridized carbons (Fsp3) is 0.500. The molecular weight excluding hydrogens is 232 g/mol. The van der Waals surface area contributed by atoms with Crippen molar-refractivity contribution in [3.05, 3.63) is 21.3 Å². The molecule has 1 heterocycles. The molecule has 0 bridgehead atoms. The fourth-order valence-electron chi connectivity index (χ4n) is 1.06. The molecule has 1 atom stereocenters. The van der Waals surface area contributed by atoms with Gasteiger partial charge in [-0.1, -0.05) is 11.6 Å². The van der Waals surface area contributed by atoms with Crippen LogP contribution in [0.2, 0.25) is 4.34 Å². The van der Waals surface area contributed by atoms with Gasteiger partial charge in [0.05, 0.1) is 10.9 Å². The molecule has 0 unspecified atom stereocenters. The van der Waals surface area contributed by atoms with E-state index in [1.54, 1.807) is 19.0 Å². The highest BCUT2D eigenvalue weighted by molar-refractivity contribution is 7.16. The molecule has 15 heavy (non-hydrogen) atoms. The summed E-state index contributed by atoms with van der Waals surface area (Å²) in [6, 6.07) is 4.00. The maximum absolute atomic E-state index is 11.3. The second-order valence-electron chi connectivity index (χ2n) is 3.53. The minimum absolute atomic E-state index is 0.0736. The molecule has 84 valence electrons. The molecule has 0 saturated heterocycles. The van der Waals surface area contributed by atoms with Gasteiger partial charge >= 0.3 is 0 Å². The summed E-state index contributed by atoms with van der Waals surface area (Å²) in [6.07, 6.45) is 0. The van der Waals surface area contributed by atoms with Crippen molar-refractivity contribution in [2.24, 2.45) is 0 Å². The third-order valence-corrected chi connectivity index (χ3v) is 3.49. The zero-order valence-electron chi connectivity index (χ0n) is 9.08. The molecule has 0 aliphatic rings. The number of amides is 1. The summed E-state index contributed by atoms with van der Waals surface area (Å²) in [5.74, 6) is 0.0736. The number of likely N-dealkylation sites (N-methyl/N-ethyl adjacent to an activating group) is 1. The molecule has 0 aliphatic carbocycles. The molecule has 0 fully saturated rings. The number of nitrogens with one attached hydrogen (secondary N) is 1. The van der Waals surface area contributed by atoms with E-state index >= 15 is 0 Å². The number of nitrogens with zero attached hydrogens (tertiary/aromatic N) is 1. The third-order valence-electron chi connectivity index (χ3n) is 2.08. The lowest BCUT2D eigenvalue weighted by Gasteiger charge is -2.14. The lowest BCUT2D eigenvalue weighted by Crippen LogP contribution is -2.34. The van der Waals surface area contributed by atoms with E-state index in [0.29, 0.717) is 6.54 Å². The van der Waals surface area contributed by atoms with Crippen molar-refractivity contribution in [1.29, 1.82) is 0 Å². The topological polar surface area (TPSA) is 32.3 Å². The Morgan fingerprint density at radius 2 is 2.27 bits per heavy atom. The average molecular weight is 247 g/mol. The van der Waals surface area contributed by atoms with Crippen molar-refractivity contribution in [2.45, 2.75) is 13.0 Å². The Kier molecular flexibility index (Phi) is 4.57. The average Bonchev–Trinajstić information content (AvgIpc) is 2.60. The van der Waals surface area contributed by atoms with Gasteiger partial charge < -0.3 is 10.2 Å². The molecule has 1 N–H and O–H groups in total. The van der Waals surface area contributed by atoms with E-state index in [4.69, 9.17) is 11.6 Å². The highest BCUT2D eigenvalue weighted by Gasteiger charge is 2.10. The Bertz CT molecular complexity index is 338. The molecule has 3 nitrogen and oxygen atoms in total. The van der Waals surface area contributed by atoms with Gasteiger partial charge in [-0.2, -0.15) is 0 Å². The number of carbonyl (C=O) groups excluding carboxylic acids is 1. The van der Waals surface area contributed by atoms with Gasteiger partial charge in [-0.05, 0) is 19.1 Å². The predicted molar refractivity (Wildman–Crippen MR) is 64.4 cm³/mol. The van der Waals surface area contributed by atoms with E-state index in [2.05, 4.69) is 5.32 Å². The molecule has 5 heteroatoms. The Morgan fingerprint density at radius 1 is 1.60 bits per heavy atom. The van der Waals surface area contributed by atoms with Crippen LogP contribution in [0.15, 0.2) is 12.1 Å². The second-order valence-corrected chi connectivity index (χ2v) is 5.28. The molecule has 0 spiro atoms. The Hall–Kier alpha value is -0.580. The molecule has 0 aliphatic heterocycles. The smallest absolute Gasteiger partial charge is 0.236 e. The van der Waals surface area contributed by atoms with E-state index in [1.807, 2.05) is 19.1 Å². The minimum atomic E-state index is 0.0736. The second kappa shape index (κ2) is 5.49. The lowest BCUT2D eigenvalue weighted by molar-refractivity contribution is -0.127. The summed E-state index contributed by atoms with van der Waals surface area (Å²) in [5.41, 5.74) is 0. The van der Waals surface area contributed by atoms with Crippen molar-refractivity contribution in [3.63, 3.8) is 0 Å². The summed E-state index contributed by atoms with van der Waals surface area (Å²) in [5, 5.41) is 3.15. The van der Waals surface area contributed by atoms with E-state index in [0.717, 1.165) is 9.21 Å². The summed E-state index contributed by atoms with van der Waals surface area (Å²) in [6.45, 7) is 2.37. The highest BCUT2D eigenvalue weighted by Crippen LogP contribution is 2.26. The number of hydrogen-bond donors (Lipinski definition) is 1. The third kappa shape index (κ3) is 3.81. The monoisotopic (exact) mass is 246 g/mol. The van der Waals surface area contributed by atoms with Crippen molar-refractivity contribution in [1.82, 2.24) is 10.2 Å². The largest absolute Gasteiger partial charge is 0.348 e. The number of halogens is 1. The van der Waals surface area contributed by atoms with Crippen LogP contribution >= 0.6 is 22.9 Å². The fourth-order valence-corrected chi connectivity index (χ4v) is 2.15. The maximum atomic E-state index is 11.3. The van der Waals surface area contributed by atoms with Crippen LogP contribution in [0.25, 0.3) is 0 Å². The number of carbonyl (C=O) groups is 1. The number of rotatable bonds is 4. The summed E-state index contributed by atoms with van der Waals surface area (Å²) in [4.78, 5) is 14.0. The van der Waals surface area contributed by atoms with E-state index in [1.165, 1.54) is 11.3 Å². The van der Waals surface area contributed by atoms with Gasteiger partial charge in [0.2, 0.25) is 5.91 Å². The maximum Gasteiger partial charge on any atom is 0.236 e. The first-order chi connectivity index (χ1) is 7.00. The van der Waals surface area contributed by atoms with Crippen molar-refractivity contribution < 1.29 is 4.79 Å². The van der Waals surface area contributed by atoms with Gasteiger partial charge in [-0.25, -0.2) is 0 Å². The van der Waals surface area contributed by atoms with Crippen LogP contribution < -0.4 is 5.32 Å². The molecule has 0 saturated carbocycles. The molecule has 1 rings (SSSR count). The van der Waals surface area contributed by atoms with Gasteiger partial charge in [0.1, 0.15) is 0 Å². The number of thiophene rings is 1. The zero-order valence-corrected chi connectivity index (χ0v) is 10.7. The standard InChI is InChI=1S/C10H15ClN2OS/c1-7(8-4-5-9(11)15-8)12-6-10(14)13(2)3/h4-5,7,12H,6H2,1-3H3/t7-/m0/s1. The van der Waals surface area contributed by atoms with Crippen LogP contribution in [-0.2, 0) is 4.79 Å². The molecular formula is C10H15ClN2OS. The minimum Gasteiger partial charge on any atom is -0.348 e. The Morgan fingerprint density at radius 3 is 2.73 bits per heavy atom. The van der Waals surface area contributed by atoms with Crippen LogP contribution in [0.3, 0.4) is 0 Å². The normalized spacial score (nSPS) is 12.5. The highest BCUT2D eigenvalue weighted by atomic mass is 35.5. The first-order valence-electron chi connectivity index (χ1n) is 4.69. The summed E-state index contributed by atoms with van der Waals surface area (Å²) < 4.78 is 0.776. The summed E-state index contributed by atoms with van der Waals surface area (Å²) in [7, 11) is 3.49. The summed E-state index contributed by atoms with van der Waals surface area (Å²) >= 11 is 7.37. The van der Waals surface area contributed by atoms with Gasteiger partial charge in [-0.15, -0.1) is 11.3 Å². The van der Waals surface area contributed by atoms with E-state index in [-0.39, 0.29) is 11.9 Å². The van der Waals surface area contributed by atoms with E-state index < -0.39 is 0 Å². The molecule has 1 aromatic heterocycles. The van der Waals surface area contributed by atoms with Gasteiger partial charge in [0, 0.05) is 25.0 Å².